The molecular weight excluding hydrogens is 631 g/mol. The van der Waals surface area contributed by atoms with Gasteiger partial charge in [-0.1, -0.05) is 189 Å². The van der Waals surface area contributed by atoms with Crippen LogP contribution in [-0.4, -0.2) is 10.8 Å². The maximum atomic E-state index is 14.8. The summed E-state index contributed by atoms with van der Waals surface area (Å²) in [6.45, 7) is 2.06. The Balaban J connectivity index is 1.64. The van der Waals surface area contributed by atoms with E-state index >= 15 is 0 Å². The van der Waals surface area contributed by atoms with Crippen molar-refractivity contribution in [2.24, 2.45) is 5.92 Å². The van der Waals surface area contributed by atoms with Crippen LogP contribution in [0.3, 0.4) is 0 Å². The van der Waals surface area contributed by atoms with Crippen LogP contribution >= 0.6 is 0 Å². The smallest absolute Gasteiger partial charge is 0.172 e. The number of Topliss-reactive ketones (excluding diaryl/α,β-unsaturated/α-hetero) is 1. The molecule has 1 aromatic heterocycles. The maximum absolute atomic E-state index is 14.8. The van der Waals surface area contributed by atoms with Gasteiger partial charge in [0.1, 0.15) is 0 Å². The van der Waals surface area contributed by atoms with Gasteiger partial charge in [0.2, 0.25) is 0 Å². The van der Waals surface area contributed by atoms with Gasteiger partial charge in [0.15, 0.2) is 5.78 Å². The van der Waals surface area contributed by atoms with E-state index in [2.05, 4.69) is 153 Å². The van der Waals surface area contributed by atoms with E-state index < -0.39 is 5.92 Å². The first kappa shape index (κ1) is 31.3. The lowest BCUT2D eigenvalue weighted by Gasteiger charge is -2.26. The fourth-order valence-electron chi connectivity index (χ4n) is 7.96. The van der Waals surface area contributed by atoms with E-state index in [9.17, 15) is 4.79 Å². The highest BCUT2D eigenvalue weighted by atomic mass is 16.1. The van der Waals surface area contributed by atoms with Gasteiger partial charge in [-0.05, 0) is 56.0 Å². The fourth-order valence-corrected chi connectivity index (χ4v) is 7.96. The van der Waals surface area contributed by atoms with E-state index in [0.29, 0.717) is 5.57 Å². The fraction of sp³-hybridized carbons (Fsp3) is 0.0400. The first-order chi connectivity index (χ1) is 25.7. The first-order valence-corrected chi connectivity index (χ1v) is 17.8. The van der Waals surface area contributed by atoms with Gasteiger partial charge < -0.3 is 0 Å². The van der Waals surface area contributed by atoms with Gasteiger partial charge in [0.25, 0.3) is 0 Å². The summed E-state index contributed by atoms with van der Waals surface area (Å²) in [5, 5.41) is 3.88. The summed E-state index contributed by atoms with van der Waals surface area (Å²) in [5.74, 6) is -0.317. The third kappa shape index (κ3) is 5.28. The molecule has 2 nitrogen and oxygen atoms in total. The summed E-state index contributed by atoms with van der Waals surface area (Å²) in [5.41, 5.74) is 12.2. The van der Waals surface area contributed by atoms with Gasteiger partial charge in [-0.2, -0.15) is 0 Å². The third-order valence-electron chi connectivity index (χ3n) is 10.3. The zero-order chi connectivity index (χ0) is 35.0. The number of aromatic nitrogens is 1. The van der Waals surface area contributed by atoms with Crippen LogP contribution in [0.2, 0.25) is 0 Å². The summed E-state index contributed by atoms with van der Waals surface area (Å²) in [6.07, 6.45) is 0. The van der Waals surface area contributed by atoms with E-state index in [1.54, 1.807) is 0 Å². The van der Waals surface area contributed by atoms with Crippen LogP contribution in [0.15, 0.2) is 188 Å². The lowest BCUT2D eigenvalue weighted by Crippen LogP contribution is -2.43. The summed E-state index contributed by atoms with van der Waals surface area (Å²) in [4.78, 5) is 20.4. The summed E-state index contributed by atoms with van der Waals surface area (Å²) >= 11 is 0. The Kier molecular flexibility index (Phi) is 7.98. The van der Waals surface area contributed by atoms with Gasteiger partial charge in [-0.3, -0.25) is 4.79 Å². The van der Waals surface area contributed by atoms with E-state index in [4.69, 9.17) is 4.98 Å². The minimum Gasteiger partial charge on any atom is -0.293 e. The highest BCUT2D eigenvalue weighted by Crippen LogP contribution is 2.46. The largest absolute Gasteiger partial charge is 0.293 e. The number of ketones is 1. The van der Waals surface area contributed by atoms with Crippen LogP contribution in [0.1, 0.15) is 18.1 Å². The summed E-state index contributed by atoms with van der Waals surface area (Å²) in [7, 11) is 0. The molecule has 0 spiro atoms. The Morgan fingerprint density at radius 2 is 0.885 bits per heavy atom. The van der Waals surface area contributed by atoms with Crippen molar-refractivity contribution in [3.05, 3.63) is 210 Å². The van der Waals surface area contributed by atoms with E-state index in [-0.39, 0.29) is 5.78 Å². The van der Waals surface area contributed by atoms with Crippen molar-refractivity contribution >= 4 is 27.7 Å². The molecule has 246 valence electrons. The third-order valence-corrected chi connectivity index (χ3v) is 10.3. The lowest BCUT2D eigenvalue weighted by molar-refractivity contribution is -0.115. The first-order valence-electron chi connectivity index (χ1n) is 17.8. The zero-order valence-electron chi connectivity index (χ0n) is 28.8. The molecule has 9 rings (SSSR count). The SMILES string of the molecule is CC1C(=O)C(c2ccccc2)=c2nc(-c3ccccc3)c3c(-c4ccccc4)c(-c4ccccc4)c(-c4ccccc4)cc3c2=C1c1ccccc1. The molecule has 52 heavy (non-hydrogen) atoms. The molecule has 0 bridgehead atoms. The van der Waals surface area contributed by atoms with E-state index in [1.807, 2.05) is 42.5 Å². The van der Waals surface area contributed by atoms with Crippen molar-refractivity contribution in [3.8, 4) is 44.6 Å². The van der Waals surface area contributed by atoms with Gasteiger partial charge in [0, 0.05) is 27.6 Å². The molecule has 1 aliphatic carbocycles. The monoisotopic (exact) mass is 665 g/mol. The molecule has 1 aliphatic rings. The highest BCUT2D eigenvalue weighted by molar-refractivity contribution is 6.26. The molecule has 8 aromatic rings. The lowest BCUT2D eigenvalue weighted by atomic mass is 9.77. The summed E-state index contributed by atoms with van der Waals surface area (Å²) < 4.78 is 0. The Labute approximate surface area is 303 Å². The number of fused-ring (bicyclic) bond motifs is 3. The number of hydrogen-bond acceptors (Lipinski definition) is 2. The second kappa shape index (κ2) is 13.2. The number of carbonyl (C=O) groups excluding carboxylic acids is 1. The molecule has 7 aromatic carbocycles. The molecule has 0 N–H and O–H groups in total. The number of rotatable bonds is 6. The van der Waals surface area contributed by atoms with Crippen molar-refractivity contribution in [2.75, 3.05) is 0 Å². The van der Waals surface area contributed by atoms with Gasteiger partial charge in [0.05, 0.1) is 16.6 Å². The van der Waals surface area contributed by atoms with Crippen LogP contribution in [0, 0.1) is 5.92 Å². The van der Waals surface area contributed by atoms with Crippen LogP contribution in [0.4, 0.5) is 0 Å². The molecule has 0 radical (unpaired) electrons. The molecule has 0 saturated carbocycles. The molecule has 0 saturated heterocycles. The maximum Gasteiger partial charge on any atom is 0.172 e. The Morgan fingerprint density at radius 1 is 0.462 bits per heavy atom. The quantitative estimate of drug-likeness (QED) is 0.177. The molecule has 0 amide bonds. The van der Waals surface area contributed by atoms with Gasteiger partial charge in [-0.25, -0.2) is 4.98 Å². The molecule has 0 fully saturated rings. The highest BCUT2D eigenvalue weighted by Gasteiger charge is 2.32. The minimum absolute atomic E-state index is 0.0795. The zero-order valence-corrected chi connectivity index (χ0v) is 28.8. The molecule has 1 unspecified atom stereocenters. The minimum atomic E-state index is -0.396. The van der Waals surface area contributed by atoms with Crippen molar-refractivity contribution in [1.82, 2.24) is 4.98 Å². The second-order valence-corrected chi connectivity index (χ2v) is 13.4. The average molecular weight is 666 g/mol. The Hall–Kier alpha value is -6.64. The topological polar surface area (TPSA) is 30.0 Å². The number of carbonyl (C=O) groups is 1. The number of nitrogens with zero attached hydrogens (tertiary/aromatic N) is 1. The van der Waals surface area contributed by atoms with Crippen molar-refractivity contribution in [2.45, 2.75) is 6.92 Å². The van der Waals surface area contributed by atoms with Crippen LogP contribution < -0.4 is 10.6 Å². The van der Waals surface area contributed by atoms with Crippen molar-refractivity contribution in [3.63, 3.8) is 0 Å². The van der Waals surface area contributed by atoms with Crippen LogP contribution in [0.5, 0.6) is 0 Å². The Morgan fingerprint density at radius 3 is 1.40 bits per heavy atom. The van der Waals surface area contributed by atoms with Crippen LogP contribution in [-0.2, 0) is 4.79 Å². The molecular formula is C50H35NO. The van der Waals surface area contributed by atoms with Crippen molar-refractivity contribution < 1.29 is 4.79 Å². The van der Waals surface area contributed by atoms with Gasteiger partial charge >= 0.3 is 0 Å². The average Bonchev–Trinajstić information content (AvgIpc) is 3.22. The Bertz CT molecular complexity index is 2710. The number of hydrogen-bond donors (Lipinski definition) is 0. The molecule has 1 heterocycles. The predicted molar refractivity (Wildman–Crippen MR) is 215 cm³/mol. The second-order valence-electron chi connectivity index (χ2n) is 13.4. The van der Waals surface area contributed by atoms with E-state index in [1.165, 1.54) is 0 Å². The predicted octanol–water partition coefficient (Wildman–Crippen LogP) is 10.5. The normalized spacial score (nSPS) is 14.0. The molecule has 2 heteroatoms. The molecule has 0 aliphatic heterocycles. The standard InChI is InChI=1S/C50H35NO/c1-33-42(35-22-10-3-11-23-35)46-41-32-40(34-20-8-2-9-21-34)43(36-24-12-4-13-25-36)44(37-26-14-5-15-27-37)47(41)48(39-30-18-7-19-31-39)51-49(46)45(50(33)52)38-28-16-6-17-29-38/h2-33H,1H3. The summed E-state index contributed by atoms with van der Waals surface area (Å²) in [6, 6.07) is 65.4. The van der Waals surface area contributed by atoms with E-state index in [0.717, 1.165) is 82.7 Å². The number of pyridine rings is 1. The van der Waals surface area contributed by atoms with Gasteiger partial charge in [-0.15, -0.1) is 0 Å². The molecule has 1 atom stereocenters. The van der Waals surface area contributed by atoms with Crippen LogP contribution in [0.25, 0.3) is 66.6 Å². The van der Waals surface area contributed by atoms with Crippen molar-refractivity contribution in [1.29, 1.82) is 0 Å². The number of benzene rings is 7.